The number of piperidine rings is 1. The second-order valence-corrected chi connectivity index (χ2v) is 13.3. The lowest BCUT2D eigenvalue weighted by molar-refractivity contribution is -0.0643. The Morgan fingerprint density at radius 1 is 1.21 bits per heavy atom. The lowest BCUT2D eigenvalue weighted by atomic mass is 9.56. The van der Waals surface area contributed by atoms with Crippen molar-refractivity contribution < 1.29 is 9.84 Å². The van der Waals surface area contributed by atoms with E-state index >= 15 is 0 Å². The van der Waals surface area contributed by atoms with Crippen molar-refractivity contribution in [3.05, 3.63) is 22.8 Å². The number of fused-ring (bicyclic) bond motifs is 6. The minimum absolute atomic E-state index is 0.0663. The third kappa shape index (κ3) is 3.24. The molecule has 2 heterocycles. The molecule has 0 bridgehead atoms. The molecule has 0 amide bonds. The van der Waals surface area contributed by atoms with Crippen LogP contribution < -0.4 is 0 Å². The molecule has 4 aliphatic carbocycles. The van der Waals surface area contributed by atoms with E-state index in [1.165, 1.54) is 38.6 Å². The van der Waals surface area contributed by atoms with Gasteiger partial charge in [-0.1, -0.05) is 38.0 Å². The fourth-order valence-electron chi connectivity index (χ4n) is 9.83. The van der Waals surface area contributed by atoms with Crippen LogP contribution in [0.5, 0.6) is 0 Å². The van der Waals surface area contributed by atoms with Crippen LogP contribution in [-0.2, 0) is 4.74 Å². The Morgan fingerprint density at radius 2 is 2.03 bits per heavy atom. The van der Waals surface area contributed by atoms with Gasteiger partial charge in [-0.25, -0.2) is 0 Å². The summed E-state index contributed by atoms with van der Waals surface area (Å²) in [5, 5.41) is 10.3. The molecule has 33 heavy (non-hydrogen) atoms. The van der Waals surface area contributed by atoms with E-state index in [4.69, 9.17) is 16.3 Å². The number of alkyl halides is 1. The summed E-state index contributed by atoms with van der Waals surface area (Å²) in [6.45, 7) is 12.0. The summed E-state index contributed by atoms with van der Waals surface area (Å²) in [4.78, 5) is 2.66. The van der Waals surface area contributed by atoms with Crippen LogP contribution in [0.25, 0.3) is 0 Å². The molecule has 10 atom stereocenters. The Bertz CT molecular complexity index is 868. The Morgan fingerprint density at radius 3 is 2.82 bits per heavy atom. The quantitative estimate of drug-likeness (QED) is 0.397. The molecule has 0 aromatic heterocycles. The molecule has 2 saturated heterocycles. The van der Waals surface area contributed by atoms with Gasteiger partial charge in [-0.15, -0.1) is 11.6 Å². The van der Waals surface area contributed by atoms with Gasteiger partial charge >= 0.3 is 0 Å². The standard InChI is InChI=1S/C29H44ClNO2/c1-17-13-26-27(31(16-17)12-11-30)19(3)29(33-26)10-8-22-23-6-5-20-14-21(32)7-9-28(20,4)25(23)15-24(22)18(29)2/h5,17,19,21-23,25-27,32H,6-16H2,1-4H3/t17-,19+,21-,22-,23-,25-,26+,27-,28-,29-/m0/s1. The summed E-state index contributed by atoms with van der Waals surface area (Å²) in [6.07, 6.45) is 12.0. The zero-order valence-electron chi connectivity index (χ0n) is 21.2. The number of aliphatic hydroxyl groups is 1. The highest BCUT2D eigenvalue weighted by Crippen LogP contribution is 2.65. The molecule has 0 aromatic carbocycles. The van der Waals surface area contributed by atoms with E-state index in [1.807, 2.05) is 0 Å². The molecule has 6 aliphatic rings. The molecule has 2 saturated carbocycles. The average molecular weight is 474 g/mol. The number of rotatable bonds is 2. The first-order valence-electron chi connectivity index (χ1n) is 13.8. The van der Waals surface area contributed by atoms with E-state index < -0.39 is 0 Å². The minimum atomic E-state index is -0.122. The average Bonchev–Trinajstić information content (AvgIpc) is 3.29. The van der Waals surface area contributed by atoms with Crippen molar-refractivity contribution in [1.82, 2.24) is 4.90 Å². The Balaban J connectivity index is 1.33. The van der Waals surface area contributed by atoms with Crippen LogP contribution in [0.1, 0.15) is 79.1 Å². The Hall–Kier alpha value is -0.350. The van der Waals surface area contributed by atoms with Gasteiger partial charge in [0.2, 0.25) is 0 Å². The number of hydrogen-bond donors (Lipinski definition) is 1. The van der Waals surface area contributed by atoms with Crippen LogP contribution in [0, 0.1) is 35.0 Å². The molecule has 4 fully saturated rings. The van der Waals surface area contributed by atoms with Crippen molar-refractivity contribution in [3.63, 3.8) is 0 Å². The van der Waals surface area contributed by atoms with Gasteiger partial charge in [0.15, 0.2) is 0 Å². The molecule has 6 rings (SSSR count). The van der Waals surface area contributed by atoms with Crippen molar-refractivity contribution in [2.24, 2.45) is 35.0 Å². The van der Waals surface area contributed by atoms with Crippen LogP contribution in [0.2, 0.25) is 0 Å². The van der Waals surface area contributed by atoms with Gasteiger partial charge in [0.25, 0.3) is 0 Å². The number of hydrogen-bond acceptors (Lipinski definition) is 3. The fraction of sp³-hybridized carbons (Fsp3) is 0.862. The van der Waals surface area contributed by atoms with Crippen LogP contribution in [-0.4, -0.2) is 52.8 Å². The molecule has 2 aliphatic heterocycles. The summed E-state index contributed by atoms with van der Waals surface area (Å²) in [5.74, 6) is 4.22. The van der Waals surface area contributed by atoms with Crippen molar-refractivity contribution in [2.75, 3.05) is 19.0 Å². The Labute approximate surface area is 206 Å². The number of allylic oxidation sites excluding steroid dienone is 2. The van der Waals surface area contributed by atoms with Gasteiger partial charge < -0.3 is 9.84 Å². The molecule has 1 N–H and O–H groups in total. The normalized spacial score (nSPS) is 51.8. The zero-order chi connectivity index (χ0) is 23.1. The largest absolute Gasteiger partial charge is 0.393 e. The molecule has 1 spiro atoms. The smallest absolute Gasteiger partial charge is 0.0937 e. The zero-order valence-corrected chi connectivity index (χ0v) is 21.9. The number of halogens is 1. The lowest BCUT2D eigenvalue weighted by Crippen LogP contribution is -2.52. The molecule has 4 heteroatoms. The van der Waals surface area contributed by atoms with Crippen LogP contribution in [0.3, 0.4) is 0 Å². The Kier molecular flexibility index (Phi) is 5.65. The summed E-state index contributed by atoms with van der Waals surface area (Å²) in [5.41, 5.74) is 5.16. The maximum Gasteiger partial charge on any atom is 0.0937 e. The van der Waals surface area contributed by atoms with E-state index in [-0.39, 0.29) is 11.7 Å². The lowest BCUT2D eigenvalue weighted by Gasteiger charge is -2.49. The van der Waals surface area contributed by atoms with E-state index in [0.29, 0.717) is 35.3 Å². The van der Waals surface area contributed by atoms with Crippen molar-refractivity contribution in [3.8, 4) is 0 Å². The van der Waals surface area contributed by atoms with Gasteiger partial charge in [-0.05, 0) is 93.0 Å². The number of aliphatic hydroxyl groups excluding tert-OH is 1. The van der Waals surface area contributed by atoms with Crippen LogP contribution in [0.15, 0.2) is 22.8 Å². The molecular formula is C29H44ClNO2. The monoisotopic (exact) mass is 473 g/mol. The molecule has 0 unspecified atom stereocenters. The second-order valence-electron chi connectivity index (χ2n) is 12.9. The summed E-state index contributed by atoms with van der Waals surface area (Å²) >= 11 is 6.24. The van der Waals surface area contributed by atoms with Crippen molar-refractivity contribution in [2.45, 2.75) is 103 Å². The first-order chi connectivity index (χ1) is 15.8. The topological polar surface area (TPSA) is 32.7 Å². The first-order valence-corrected chi connectivity index (χ1v) is 14.4. The fourth-order valence-corrected chi connectivity index (χ4v) is 10.0. The van der Waals surface area contributed by atoms with Crippen LogP contribution in [0.4, 0.5) is 0 Å². The van der Waals surface area contributed by atoms with E-state index in [2.05, 4.69) is 38.7 Å². The molecule has 0 radical (unpaired) electrons. The summed E-state index contributed by atoms with van der Waals surface area (Å²) < 4.78 is 7.18. The van der Waals surface area contributed by atoms with Gasteiger partial charge in [0.05, 0.1) is 17.8 Å². The van der Waals surface area contributed by atoms with E-state index in [1.54, 1.807) is 16.7 Å². The highest BCUT2D eigenvalue weighted by atomic mass is 35.5. The molecule has 184 valence electrons. The summed E-state index contributed by atoms with van der Waals surface area (Å²) in [7, 11) is 0. The number of likely N-dealkylation sites (tertiary alicyclic amines) is 1. The van der Waals surface area contributed by atoms with Crippen molar-refractivity contribution >= 4 is 11.6 Å². The minimum Gasteiger partial charge on any atom is -0.393 e. The highest BCUT2D eigenvalue weighted by molar-refractivity contribution is 6.18. The molecule has 3 nitrogen and oxygen atoms in total. The predicted molar refractivity (Wildman–Crippen MR) is 134 cm³/mol. The van der Waals surface area contributed by atoms with Gasteiger partial charge in [-0.3, -0.25) is 4.90 Å². The second kappa shape index (κ2) is 8.08. The summed E-state index contributed by atoms with van der Waals surface area (Å²) in [6, 6.07) is 0.515. The third-order valence-corrected chi connectivity index (χ3v) is 11.6. The van der Waals surface area contributed by atoms with Crippen molar-refractivity contribution in [1.29, 1.82) is 0 Å². The van der Waals surface area contributed by atoms with Gasteiger partial charge in [0, 0.05) is 30.9 Å². The SMILES string of the molecule is CC1=C2C[C@H]3[C@@H](CC=C4C[C@@H](O)CC[C@@]43C)[C@@H]2CC[C@]12O[C@@H]1C[C@H](C)CN(CCCl)[C@H]1[C@H]2C. The van der Waals surface area contributed by atoms with E-state index in [0.717, 1.165) is 43.6 Å². The number of ether oxygens (including phenoxy) is 1. The first kappa shape index (κ1) is 23.1. The highest BCUT2D eigenvalue weighted by Gasteiger charge is 2.61. The van der Waals surface area contributed by atoms with Gasteiger partial charge in [0.1, 0.15) is 0 Å². The number of nitrogens with zero attached hydrogens (tertiary/aromatic N) is 1. The maximum atomic E-state index is 10.3. The molecular weight excluding hydrogens is 430 g/mol. The molecule has 0 aromatic rings. The van der Waals surface area contributed by atoms with Gasteiger partial charge in [-0.2, -0.15) is 0 Å². The maximum absolute atomic E-state index is 10.3. The predicted octanol–water partition coefficient (Wildman–Crippen LogP) is 5.95. The van der Waals surface area contributed by atoms with Crippen LogP contribution >= 0.6 is 11.6 Å². The third-order valence-electron chi connectivity index (χ3n) is 11.5. The van der Waals surface area contributed by atoms with E-state index in [9.17, 15) is 5.11 Å².